The normalized spacial score (nSPS) is 9.93. The third-order valence-corrected chi connectivity index (χ3v) is 3.82. The molecule has 0 spiro atoms. The van der Waals surface area contributed by atoms with Crippen molar-refractivity contribution in [2.75, 3.05) is 0 Å². The molecule has 0 aliphatic rings. The molecule has 0 aliphatic carbocycles. The van der Waals surface area contributed by atoms with Gasteiger partial charge in [0.2, 0.25) is 0 Å². The SMILES string of the molecule is O=C(O)c1ccccc1C(=O)OS(=O)(=O)OC(=O)c1ccccc1C(=O)O.[H-].[H-].[K+].[K+]. The van der Waals surface area contributed by atoms with Crippen molar-refractivity contribution in [2.24, 2.45) is 0 Å². The largest absolute Gasteiger partial charge is 1.00 e. The van der Waals surface area contributed by atoms with Gasteiger partial charge in [-0.25, -0.2) is 19.2 Å². The molecular weight excluding hydrogens is 462 g/mol. The molecule has 0 aromatic heterocycles. The van der Waals surface area contributed by atoms with Crippen LogP contribution in [0.25, 0.3) is 0 Å². The molecule has 0 fully saturated rings. The zero-order valence-corrected chi connectivity index (χ0v) is 22.3. The Kier molecular flexibility index (Phi) is 12.2. The zero-order valence-electron chi connectivity index (χ0n) is 17.2. The number of rotatable bonds is 6. The molecule has 0 radical (unpaired) electrons. The minimum absolute atomic E-state index is 0. The van der Waals surface area contributed by atoms with E-state index in [0.717, 1.165) is 24.3 Å². The van der Waals surface area contributed by atoms with Crippen molar-refractivity contribution in [3.8, 4) is 0 Å². The summed E-state index contributed by atoms with van der Waals surface area (Å²) in [7, 11) is -5.25. The number of aromatic carboxylic acids is 2. The summed E-state index contributed by atoms with van der Waals surface area (Å²) in [5.74, 6) is -6.20. The van der Waals surface area contributed by atoms with Crippen LogP contribution in [0.5, 0.6) is 0 Å². The zero-order chi connectivity index (χ0) is 20.2. The van der Waals surface area contributed by atoms with Gasteiger partial charge in [-0.2, -0.15) is 0 Å². The van der Waals surface area contributed by atoms with Gasteiger partial charge in [0, 0.05) is 0 Å². The van der Waals surface area contributed by atoms with Crippen molar-refractivity contribution in [2.45, 2.75) is 0 Å². The van der Waals surface area contributed by atoms with Gasteiger partial charge in [-0.3, -0.25) is 0 Å². The van der Waals surface area contributed by atoms with Crippen molar-refractivity contribution in [1.82, 2.24) is 0 Å². The van der Waals surface area contributed by atoms with E-state index in [-0.39, 0.29) is 106 Å². The predicted molar refractivity (Wildman–Crippen MR) is 88.8 cm³/mol. The van der Waals surface area contributed by atoms with Crippen molar-refractivity contribution in [3.63, 3.8) is 0 Å². The van der Waals surface area contributed by atoms with Crippen molar-refractivity contribution in [3.05, 3.63) is 70.8 Å². The van der Waals surface area contributed by atoms with Crippen LogP contribution in [-0.4, -0.2) is 42.5 Å². The first-order chi connectivity index (χ1) is 12.6. The summed E-state index contributed by atoms with van der Waals surface area (Å²) in [5, 5.41) is 18.0. The van der Waals surface area contributed by atoms with Gasteiger partial charge >= 0.3 is 137 Å². The molecule has 2 aromatic rings. The van der Waals surface area contributed by atoms with E-state index >= 15 is 0 Å². The van der Waals surface area contributed by atoms with E-state index in [1.54, 1.807) is 0 Å². The fourth-order valence-electron chi connectivity index (χ4n) is 1.99. The van der Waals surface area contributed by atoms with Crippen molar-refractivity contribution >= 4 is 34.3 Å². The van der Waals surface area contributed by atoms with Crippen LogP contribution in [0.4, 0.5) is 0 Å². The van der Waals surface area contributed by atoms with Gasteiger partial charge in [0.25, 0.3) is 0 Å². The van der Waals surface area contributed by atoms with E-state index in [2.05, 4.69) is 8.37 Å². The number of hydrogen-bond donors (Lipinski definition) is 2. The average Bonchev–Trinajstić information content (AvgIpc) is 2.60. The van der Waals surface area contributed by atoms with Gasteiger partial charge < -0.3 is 21.4 Å². The van der Waals surface area contributed by atoms with E-state index in [1.165, 1.54) is 24.3 Å². The smallest absolute Gasteiger partial charge is 1.00 e. The number of carboxylic acids is 2. The fourth-order valence-corrected chi connectivity index (χ4v) is 2.57. The molecule has 2 N–H and O–H groups in total. The molecule has 13 heteroatoms. The molecule has 0 heterocycles. The first-order valence-electron chi connectivity index (χ1n) is 6.99. The number of benzene rings is 2. The molecule has 0 saturated heterocycles. The maximum Gasteiger partial charge on any atom is 1.00 e. The standard InChI is InChI=1S/C16H10O10S.2K.2H/c17-13(18)9-5-1-3-7-11(9)15(21)25-27(23,24)26-16(22)12-8-4-2-6-10(12)14(19)20;;;;/h1-8H,(H,17,18)(H,19,20);;;;/q;2*+1;2*-1. The van der Waals surface area contributed by atoms with Gasteiger partial charge in [0.05, 0.1) is 22.3 Å². The van der Waals surface area contributed by atoms with E-state index < -0.39 is 56.5 Å². The summed E-state index contributed by atoms with van der Waals surface area (Å²) in [5.41, 5.74) is -2.23. The van der Waals surface area contributed by atoms with Crippen molar-refractivity contribution < 1.29 is 152 Å². The van der Waals surface area contributed by atoms with Crippen LogP contribution in [0, 0.1) is 0 Å². The summed E-state index contributed by atoms with van der Waals surface area (Å²) < 4.78 is 31.7. The second-order valence-electron chi connectivity index (χ2n) is 4.85. The first-order valence-corrected chi connectivity index (χ1v) is 8.33. The summed E-state index contributed by atoms with van der Waals surface area (Å²) in [6.45, 7) is 0. The Morgan fingerprint density at radius 2 is 0.931 bits per heavy atom. The molecule has 0 bridgehead atoms. The van der Waals surface area contributed by atoms with Gasteiger partial charge in [-0.05, 0) is 24.3 Å². The second-order valence-corrected chi connectivity index (χ2v) is 6.00. The van der Waals surface area contributed by atoms with Crippen molar-refractivity contribution in [1.29, 1.82) is 0 Å². The molecule has 2 rings (SSSR count). The Labute approximate surface area is 252 Å². The van der Waals surface area contributed by atoms with Crippen LogP contribution >= 0.6 is 0 Å². The quantitative estimate of drug-likeness (QED) is 0.391. The Bertz CT molecular complexity index is 982. The maximum absolute atomic E-state index is 11.9. The van der Waals surface area contributed by atoms with Gasteiger partial charge in [0.1, 0.15) is 0 Å². The molecule has 0 unspecified atom stereocenters. The molecule has 2 aromatic carbocycles. The number of hydrogen-bond acceptors (Lipinski definition) is 8. The van der Waals surface area contributed by atoms with E-state index in [4.69, 9.17) is 10.2 Å². The third kappa shape index (κ3) is 7.95. The van der Waals surface area contributed by atoms with Crippen LogP contribution < -0.4 is 103 Å². The number of carbonyl (C=O) groups excluding carboxylic acids is 2. The summed E-state index contributed by atoms with van der Waals surface area (Å²) >= 11 is 0. The van der Waals surface area contributed by atoms with Crippen LogP contribution in [-0.2, 0) is 18.8 Å². The van der Waals surface area contributed by atoms with Crippen LogP contribution in [0.15, 0.2) is 48.5 Å². The fraction of sp³-hybridized carbons (Fsp3) is 0. The maximum atomic E-state index is 11.9. The van der Waals surface area contributed by atoms with Gasteiger partial charge in [0.15, 0.2) is 0 Å². The van der Waals surface area contributed by atoms with E-state index in [0.29, 0.717) is 0 Å². The Morgan fingerprint density at radius 3 is 1.21 bits per heavy atom. The molecule has 10 nitrogen and oxygen atoms in total. The molecule has 0 atom stereocenters. The Morgan fingerprint density at radius 1 is 0.655 bits per heavy atom. The molecule has 0 aliphatic heterocycles. The Hall–Kier alpha value is -0.457. The minimum Gasteiger partial charge on any atom is -1.00 e. The Balaban J connectivity index is -0.00000196. The van der Waals surface area contributed by atoms with Crippen LogP contribution in [0.1, 0.15) is 44.3 Å². The van der Waals surface area contributed by atoms with Crippen LogP contribution in [0.2, 0.25) is 0 Å². The predicted octanol–water partition coefficient (Wildman–Crippen LogP) is -4.43. The molecule has 0 amide bonds. The molecular formula is C16H12K2O10S. The molecule has 144 valence electrons. The average molecular weight is 475 g/mol. The van der Waals surface area contributed by atoms with E-state index in [1.807, 2.05) is 0 Å². The number of carbonyl (C=O) groups is 4. The van der Waals surface area contributed by atoms with Crippen LogP contribution in [0.3, 0.4) is 0 Å². The first kappa shape index (κ1) is 28.5. The minimum atomic E-state index is -5.25. The monoisotopic (exact) mass is 474 g/mol. The van der Waals surface area contributed by atoms with Gasteiger partial charge in [-0.15, -0.1) is 8.42 Å². The molecule has 0 saturated carbocycles. The van der Waals surface area contributed by atoms with Gasteiger partial charge in [-0.1, -0.05) is 24.3 Å². The summed E-state index contributed by atoms with van der Waals surface area (Å²) in [6.07, 6.45) is 0. The topological polar surface area (TPSA) is 161 Å². The summed E-state index contributed by atoms with van der Waals surface area (Å²) in [6, 6.07) is 9.23. The third-order valence-electron chi connectivity index (χ3n) is 3.11. The summed E-state index contributed by atoms with van der Waals surface area (Å²) in [4.78, 5) is 46.0. The number of carboxylic acid groups (broad SMARTS) is 2. The van der Waals surface area contributed by atoms with E-state index in [9.17, 15) is 27.6 Å². The second kappa shape index (κ2) is 12.4. The molecule has 29 heavy (non-hydrogen) atoms.